The van der Waals surface area contributed by atoms with Gasteiger partial charge in [-0.05, 0) is 55.9 Å². The predicted molar refractivity (Wildman–Crippen MR) is 103 cm³/mol. The third-order valence-corrected chi connectivity index (χ3v) is 7.27. The Hall–Kier alpha value is -1.99. The molecule has 32 heavy (non-hydrogen) atoms. The van der Waals surface area contributed by atoms with Gasteiger partial charge in [-0.2, -0.15) is 0 Å². The summed E-state index contributed by atoms with van der Waals surface area (Å²) in [6.07, 6.45) is -3.63. The summed E-state index contributed by atoms with van der Waals surface area (Å²) in [5.41, 5.74) is 6.02. The molecule has 1 aliphatic heterocycles. The van der Waals surface area contributed by atoms with E-state index in [1.807, 2.05) is 0 Å². The van der Waals surface area contributed by atoms with Crippen molar-refractivity contribution < 1.29 is 39.9 Å². The van der Waals surface area contributed by atoms with E-state index in [0.29, 0.717) is 25.7 Å². The standard InChI is InChI=1S/C19H24F5N3O4S/c20-18(21)9-10-27(11-18)17(28)16(25)12-1-3-13(4-2-12)26-32(29,30)15-7-5-14(6-8-15)31-19(22,23)24/h5-8,12-13,16,26H,1-4,9-11,25H2/t12?,13?,16-/m0/s1. The minimum Gasteiger partial charge on any atom is -0.406 e. The molecule has 3 rings (SSSR count). The lowest BCUT2D eigenvalue weighted by Crippen LogP contribution is -2.49. The Morgan fingerprint density at radius 2 is 1.75 bits per heavy atom. The first-order chi connectivity index (χ1) is 14.8. The van der Waals surface area contributed by atoms with Crippen LogP contribution in [0.1, 0.15) is 32.1 Å². The fraction of sp³-hybridized carbons (Fsp3) is 0.632. The Balaban J connectivity index is 1.52. The van der Waals surface area contributed by atoms with Crippen molar-refractivity contribution in [2.24, 2.45) is 11.7 Å². The lowest BCUT2D eigenvalue weighted by molar-refractivity contribution is -0.274. The highest BCUT2D eigenvalue weighted by atomic mass is 32.2. The molecule has 0 aromatic heterocycles. The van der Waals surface area contributed by atoms with E-state index >= 15 is 0 Å². The number of hydrogen-bond donors (Lipinski definition) is 2. The molecule has 7 nitrogen and oxygen atoms in total. The molecular weight excluding hydrogens is 461 g/mol. The molecular formula is C19H24F5N3O4S. The quantitative estimate of drug-likeness (QED) is 0.604. The highest BCUT2D eigenvalue weighted by Crippen LogP contribution is 2.31. The number of carbonyl (C=O) groups excluding carboxylic acids is 1. The van der Waals surface area contributed by atoms with Gasteiger partial charge in [-0.15, -0.1) is 13.2 Å². The van der Waals surface area contributed by atoms with E-state index in [9.17, 15) is 35.2 Å². The van der Waals surface area contributed by atoms with Crippen LogP contribution in [0, 0.1) is 5.92 Å². The Morgan fingerprint density at radius 1 is 1.16 bits per heavy atom. The van der Waals surface area contributed by atoms with Crippen LogP contribution in [-0.4, -0.2) is 56.7 Å². The zero-order valence-electron chi connectivity index (χ0n) is 16.9. The van der Waals surface area contributed by atoms with Gasteiger partial charge >= 0.3 is 6.36 Å². The Labute approximate surface area is 182 Å². The van der Waals surface area contributed by atoms with Crippen molar-refractivity contribution in [3.05, 3.63) is 24.3 Å². The van der Waals surface area contributed by atoms with Crippen molar-refractivity contribution in [3.8, 4) is 5.75 Å². The van der Waals surface area contributed by atoms with Crippen molar-refractivity contribution in [2.75, 3.05) is 13.1 Å². The molecule has 2 fully saturated rings. The molecule has 1 amide bonds. The summed E-state index contributed by atoms with van der Waals surface area (Å²) in [5.74, 6) is -4.21. The van der Waals surface area contributed by atoms with Crippen molar-refractivity contribution in [2.45, 2.75) is 61.4 Å². The monoisotopic (exact) mass is 485 g/mol. The Morgan fingerprint density at radius 3 is 2.25 bits per heavy atom. The van der Waals surface area contributed by atoms with Gasteiger partial charge in [-0.1, -0.05) is 0 Å². The number of ether oxygens (including phenoxy) is 1. The third-order valence-electron chi connectivity index (χ3n) is 5.74. The second-order valence-electron chi connectivity index (χ2n) is 8.14. The summed E-state index contributed by atoms with van der Waals surface area (Å²) >= 11 is 0. The highest BCUT2D eigenvalue weighted by Gasteiger charge is 2.43. The predicted octanol–water partition coefficient (Wildman–Crippen LogP) is 2.62. The number of sulfonamides is 1. The second-order valence-corrected chi connectivity index (χ2v) is 9.86. The molecule has 0 radical (unpaired) electrons. The topological polar surface area (TPSA) is 102 Å². The van der Waals surface area contributed by atoms with Gasteiger partial charge in [0.15, 0.2) is 0 Å². The summed E-state index contributed by atoms with van der Waals surface area (Å²) in [7, 11) is -3.98. The lowest BCUT2D eigenvalue weighted by atomic mass is 9.81. The maximum absolute atomic E-state index is 13.3. The fourth-order valence-corrected chi connectivity index (χ4v) is 5.35. The Kier molecular flexibility index (Phi) is 7.01. The molecule has 3 N–H and O–H groups in total. The minimum absolute atomic E-state index is 0.0402. The first-order valence-electron chi connectivity index (χ1n) is 10.1. The molecule has 13 heteroatoms. The summed E-state index contributed by atoms with van der Waals surface area (Å²) in [6.45, 7) is -0.678. The number of hydrogen-bond acceptors (Lipinski definition) is 5. The van der Waals surface area contributed by atoms with E-state index in [1.54, 1.807) is 0 Å². The smallest absolute Gasteiger partial charge is 0.406 e. The molecule has 2 aliphatic rings. The molecule has 1 saturated carbocycles. The fourth-order valence-electron chi connectivity index (χ4n) is 4.04. The maximum Gasteiger partial charge on any atom is 0.573 e. The van der Waals surface area contributed by atoms with Gasteiger partial charge in [-0.25, -0.2) is 21.9 Å². The van der Waals surface area contributed by atoms with E-state index in [-0.39, 0.29) is 23.8 Å². The highest BCUT2D eigenvalue weighted by molar-refractivity contribution is 7.89. The molecule has 1 atom stereocenters. The number of halogens is 5. The van der Waals surface area contributed by atoms with Crippen LogP contribution in [0.5, 0.6) is 5.75 Å². The zero-order valence-corrected chi connectivity index (χ0v) is 17.8. The van der Waals surface area contributed by atoms with Gasteiger partial charge in [0.1, 0.15) is 5.75 Å². The molecule has 0 bridgehead atoms. The lowest BCUT2D eigenvalue weighted by Gasteiger charge is -2.33. The van der Waals surface area contributed by atoms with E-state index in [0.717, 1.165) is 29.2 Å². The number of nitrogens with zero attached hydrogens (tertiary/aromatic N) is 1. The molecule has 0 unspecified atom stereocenters. The van der Waals surface area contributed by atoms with Crippen LogP contribution in [0.15, 0.2) is 29.2 Å². The number of carbonyl (C=O) groups is 1. The van der Waals surface area contributed by atoms with Crippen molar-refractivity contribution in [1.29, 1.82) is 0 Å². The Bertz CT molecular complexity index is 916. The van der Waals surface area contributed by atoms with Gasteiger partial charge in [0.25, 0.3) is 5.92 Å². The number of benzene rings is 1. The normalized spacial score (nSPS) is 24.9. The molecule has 1 saturated heterocycles. The van der Waals surface area contributed by atoms with Gasteiger partial charge < -0.3 is 15.4 Å². The first kappa shape index (κ1) is 24.6. The SMILES string of the molecule is N[C@H](C(=O)N1CCC(F)(F)C1)C1CCC(NS(=O)(=O)c2ccc(OC(F)(F)F)cc2)CC1. The zero-order chi connectivity index (χ0) is 23.7. The van der Waals surface area contributed by atoms with Gasteiger partial charge in [0.05, 0.1) is 17.5 Å². The van der Waals surface area contributed by atoms with Crippen LogP contribution in [0.3, 0.4) is 0 Å². The number of rotatable bonds is 6. The molecule has 1 aromatic carbocycles. The summed E-state index contributed by atoms with van der Waals surface area (Å²) in [4.78, 5) is 13.3. The van der Waals surface area contributed by atoms with Crippen molar-refractivity contribution in [3.63, 3.8) is 0 Å². The molecule has 0 spiro atoms. The van der Waals surface area contributed by atoms with E-state index in [4.69, 9.17) is 5.73 Å². The number of alkyl halides is 5. The van der Waals surface area contributed by atoms with E-state index < -0.39 is 52.6 Å². The summed E-state index contributed by atoms with van der Waals surface area (Å²) in [5, 5.41) is 0. The van der Waals surface area contributed by atoms with Crippen LogP contribution in [0.4, 0.5) is 22.0 Å². The van der Waals surface area contributed by atoms with E-state index in [1.165, 1.54) is 0 Å². The van der Waals surface area contributed by atoms with Crippen LogP contribution < -0.4 is 15.2 Å². The maximum atomic E-state index is 13.3. The molecule has 1 aromatic rings. The number of nitrogens with two attached hydrogens (primary N) is 1. The van der Waals surface area contributed by atoms with E-state index in [2.05, 4.69) is 9.46 Å². The average molecular weight is 485 g/mol. The third kappa shape index (κ3) is 6.29. The van der Waals surface area contributed by atoms with Crippen LogP contribution in [0.2, 0.25) is 0 Å². The van der Waals surface area contributed by atoms with Crippen LogP contribution in [0.25, 0.3) is 0 Å². The molecule has 180 valence electrons. The molecule has 1 aliphatic carbocycles. The number of likely N-dealkylation sites (tertiary alicyclic amines) is 1. The largest absolute Gasteiger partial charge is 0.573 e. The van der Waals surface area contributed by atoms with Gasteiger partial charge in [-0.3, -0.25) is 4.79 Å². The number of amides is 1. The average Bonchev–Trinajstić information content (AvgIpc) is 3.06. The summed E-state index contributed by atoms with van der Waals surface area (Å²) < 4.78 is 94.7. The van der Waals surface area contributed by atoms with Crippen LogP contribution >= 0.6 is 0 Å². The minimum atomic E-state index is -4.88. The van der Waals surface area contributed by atoms with Gasteiger partial charge in [0.2, 0.25) is 15.9 Å². The van der Waals surface area contributed by atoms with Crippen molar-refractivity contribution >= 4 is 15.9 Å². The van der Waals surface area contributed by atoms with Gasteiger partial charge in [0, 0.05) is 19.0 Å². The van der Waals surface area contributed by atoms with Crippen molar-refractivity contribution in [1.82, 2.24) is 9.62 Å². The summed E-state index contributed by atoms with van der Waals surface area (Å²) in [6, 6.07) is 2.46. The second kappa shape index (κ2) is 9.10. The first-order valence-corrected chi connectivity index (χ1v) is 11.5. The number of nitrogens with one attached hydrogen (secondary N) is 1. The molecule has 1 heterocycles. The van der Waals surface area contributed by atoms with Crippen LogP contribution in [-0.2, 0) is 14.8 Å².